The van der Waals surface area contributed by atoms with E-state index in [1.807, 2.05) is 0 Å². The highest BCUT2D eigenvalue weighted by Gasteiger charge is 2.24. The molecule has 0 saturated heterocycles. The van der Waals surface area contributed by atoms with E-state index in [-0.39, 0.29) is 48.7 Å². The standard InChI is InChI=1S/C16H18O8/c1-4-12(18)22-11-8-7-10(21-9-17)15(23-13(19)5-2)16(11)24-14(20)6-3/h7-9H,4-6H2,1-3H3. The minimum atomic E-state index is -0.654. The van der Waals surface area contributed by atoms with Gasteiger partial charge in [-0.15, -0.1) is 0 Å². The van der Waals surface area contributed by atoms with Crippen molar-refractivity contribution in [2.45, 2.75) is 40.0 Å². The second-order valence-corrected chi connectivity index (χ2v) is 4.42. The zero-order valence-electron chi connectivity index (χ0n) is 13.6. The molecule has 0 aliphatic rings. The third-order valence-corrected chi connectivity index (χ3v) is 2.74. The Hall–Kier alpha value is -2.90. The lowest BCUT2D eigenvalue weighted by Gasteiger charge is -2.16. The van der Waals surface area contributed by atoms with E-state index < -0.39 is 17.9 Å². The molecular weight excluding hydrogens is 320 g/mol. The molecule has 0 aliphatic heterocycles. The van der Waals surface area contributed by atoms with E-state index in [0.29, 0.717) is 0 Å². The zero-order chi connectivity index (χ0) is 18.1. The molecule has 0 amide bonds. The summed E-state index contributed by atoms with van der Waals surface area (Å²) in [5, 5.41) is 0. The van der Waals surface area contributed by atoms with E-state index in [9.17, 15) is 19.2 Å². The third kappa shape index (κ3) is 5.08. The van der Waals surface area contributed by atoms with Gasteiger partial charge in [0, 0.05) is 19.3 Å². The van der Waals surface area contributed by atoms with Gasteiger partial charge < -0.3 is 18.9 Å². The van der Waals surface area contributed by atoms with Gasteiger partial charge in [-0.05, 0) is 12.1 Å². The summed E-state index contributed by atoms with van der Waals surface area (Å²) < 4.78 is 20.0. The van der Waals surface area contributed by atoms with Crippen molar-refractivity contribution in [1.82, 2.24) is 0 Å². The van der Waals surface area contributed by atoms with Crippen molar-refractivity contribution in [3.63, 3.8) is 0 Å². The summed E-state index contributed by atoms with van der Waals surface area (Å²) in [4.78, 5) is 45.4. The van der Waals surface area contributed by atoms with Crippen LogP contribution in [0.5, 0.6) is 23.0 Å². The summed E-state index contributed by atoms with van der Waals surface area (Å²) in [7, 11) is 0. The van der Waals surface area contributed by atoms with Crippen LogP contribution < -0.4 is 18.9 Å². The fourth-order valence-corrected chi connectivity index (χ4v) is 1.51. The van der Waals surface area contributed by atoms with Crippen molar-refractivity contribution in [2.75, 3.05) is 0 Å². The summed E-state index contributed by atoms with van der Waals surface area (Å²) in [5.41, 5.74) is 0. The van der Waals surface area contributed by atoms with Gasteiger partial charge in [0.1, 0.15) is 0 Å². The smallest absolute Gasteiger partial charge is 0.311 e. The first-order valence-corrected chi connectivity index (χ1v) is 7.36. The molecule has 1 rings (SSSR count). The Morgan fingerprint density at radius 3 is 1.67 bits per heavy atom. The summed E-state index contributed by atoms with van der Waals surface area (Å²) >= 11 is 0. The summed E-state index contributed by atoms with van der Waals surface area (Å²) in [6.07, 6.45) is 0.138. The van der Waals surface area contributed by atoms with Crippen LogP contribution in [0.25, 0.3) is 0 Å². The van der Waals surface area contributed by atoms with Crippen LogP contribution in [0.3, 0.4) is 0 Å². The Morgan fingerprint density at radius 2 is 1.21 bits per heavy atom. The van der Waals surface area contributed by atoms with E-state index in [4.69, 9.17) is 18.9 Å². The molecular formula is C16H18O8. The van der Waals surface area contributed by atoms with E-state index in [1.54, 1.807) is 20.8 Å². The molecule has 0 radical (unpaired) electrons. The van der Waals surface area contributed by atoms with E-state index >= 15 is 0 Å². The SMILES string of the molecule is CCC(=O)Oc1ccc(OC=O)c(OC(=O)CC)c1OC(=O)CC. The molecule has 1 aromatic carbocycles. The van der Waals surface area contributed by atoms with Gasteiger partial charge in [-0.25, -0.2) is 0 Å². The van der Waals surface area contributed by atoms with Gasteiger partial charge in [-0.3, -0.25) is 19.2 Å². The first-order chi connectivity index (χ1) is 11.5. The van der Waals surface area contributed by atoms with Crippen LogP contribution in [-0.2, 0) is 19.2 Å². The third-order valence-electron chi connectivity index (χ3n) is 2.74. The van der Waals surface area contributed by atoms with Crippen LogP contribution in [0.1, 0.15) is 40.0 Å². The number of carbonyl (C=O) groups excluding carboxylic acids is 4. The molecule has 24 heavy (non-hydrogen) atoms. The summed E-state index contributed by atoms with van der Waals surface area (Å²) in [5.74, 6) is -2.77. The first-order valence-electron chi connectivity index (χ1n) is 7.36. The van der Waals surface area contributed by atoms with Gasteiger partial charge >= 0.3 is 17.9 Å². The normalized spacial score (nSPS) is 9.79. The molecule has 0 bridgehead atoms. The Labute approximate surface area is 138 Å². The Bertz CT molecular complexity index is 635. The molecule has 0 heterocycles. The highest BCUT2D eigenvalue weighted by molar-refractivity contribution is 5.81. The lowest BCUT2D eigenvalue weighted by molar-refractivity contribution is -0.138. The van der Waals surface area contributed by atoms with E-state index in [2.05, 4.69) is 0 Å². The second-order valence-electron chi connectivity index (χ2n) is 4.42. The monoisotopic (exact) mass is 338 g/mol. The quantitative estimate of drug-likeness (QED) is 0.403. The predicted molar refractivity (Wildman–Crippen MR) is 80.9 cm³/mol. The highest BCUT2D eigenvalue weighted by Crippen LogP contribution is 2.45. The summed E-state index contributed by atoms with van der Waals surface area (Å²) in [6.45, 7) is 4.83. The molecule has 0 spiro atoms. The largest absolute Gasteiger partial charge is 0.425 e. The van der Waals surface area contributed by atoms with Crippen LogP contribution in [0, 0.1) is 0 Å². The molecule has 130 valence electrons. The average Bonchev–Trinajstić information content (AvgIpc) is 2.58. The van der Waals surface area contributed by atoms with Crippen molar-refractivity contribution in [3.8, 4) is 23.0 Å². The van der Waals surface area contributed by atoms with Crippen LogP contribution in [0.4, 0.5) is 0 Å². The minimum Gasteiger partial charge on any atom is -0.425 e. The Balaban J connectivity index is 3.44. The number of rotatable bonds is 8. The number of hydrogen-bond donors (Lipinski definition) is 0. The van der Waals surface area contributed by atoms with Gasteiger partial charge in [0.15, 0.2) is 11.5 Å². The molecule has 1 aromatic rings. The van der Waals surface area contributed by atoms with Crippen LogP contribution in [0.15, 0.2) is 12.1 Å². The second kappa shape index (κ2) is 9.29. The number of ether oxygens (including phenoxy) is 4. The molecule has 0 N–H and O–H groups in total. The highest BCUT2D eigenvalue weighted by atomic mass is 16.6. The molecule has 8 heteroatoms. The van der Waals surface area contributed by atoms with Crippen molar-refractivity contribution in [1.29, 1.82) is 0 Å². The van der Waals surface area contributed by atoms with Gasteiger partial charge in [0.2, 0.25) is 11.5 Å². The van der Waals surface area contributed by atoms with E-state index in [0.717, 1.165) is 0 Å². The van der Waals surface area contributed by atoms with Crippen LogP contribution in [-0.4, -0.2) is 24.4 Å². The fourth-order valence-electron chi connectivity index (χ4n) is 1.51. The lowest BCUT2D eigenvalue weighted by Crippen LogP contribution is -2.14. The van der Waals surface area contributed by atoms with Gasteiger partial charge in [-0.1, -0.05) is 20.8 Å². The maximum Gasteiger partial charge on any atom is 0.311 e. The predicted octanol–water partition coefficient (Wildman–Crippen LogP) is 2.17. The Kier molecular flexibility index (Phi) is 7.41. The number of benzene rings is 1. The van der Waals surface area contributed by atoms with Gasteiger partial charge in [0.05, 0.1) is 0 Å². The molecule has 0 unspecified atom stereocenters. The van der Waals surface area contributed by atoms with Gasteiger partial charge in [0.25, 0.3) is 6.47 Å². The fraction of sp³-hybridized carbons (Fsp3) is 0.375. The molecule has 0 aliphatic carbocycles. The van der Waals surface area contributed by atoms with Crippen LogP contribution >= 0.6 is 0 Å². The van der Waals surface area contributed by atoms with Gasteiger partial charge in [-0.2, -0.15) is 0 Å². The van der Waals surface area contributed by atoms with Crippen molar-refractivity contribution in [2.24, 2.45) is 0 Å². The molecule has 0 saturated carbocycles. The molecule has 8 nitrogen and oxygen atoms in total. The number of carbonyl (C=O) groups is 4. The van der Waals surface area contributed by atoms with Crippen molar-refractivity contribution >= 4 is 24.4 Å². The lowest BCUT2D eigenvalue weighted by atomic mass is 10.2. The zero-order valence-corrected chi connectivity index (χ0v) is 13.6. The number of hydrogen-bond acceptors (Lipinski definition) is 8. The van der Waals surface area contributed by atoms with Crippen molar-refractivity contribution in [3.05, 3.63) is 12.1 Å². The van der Waals surface area contributed by atoms with Crippen LogP contribution in [0.2, 0.25) is 0 Å². The number of esters is 3. The minimum absolute atomic E-state index is 0.0284. The maximum absolute atomic E-state index is 11.7. The molecule has 0 fully saturated rings. The molecule has 0 atom stereocenters. The maximum atomic E-state index is 11.7. The summed E-state index contributed by atoms with van der Waals surface area (Å²) in [6, 6.07) is 2.53. The first kappa shape index (κ1) is 19.1. The Morgan fingerprint density at radius 1 is 0.792 bits per heavy atom. The van der Waals surface area contributed by atoms with Crippen molar-refractivity contribution < 1.29 is 38.1 Å². The topological polar surface area (TPSA) is 105 Å². The molecule has 0 aromatic heterocycles. The van der Waals surface area contributed by atoms with E-state index in [1.165, 1.54) is 12.1 Å². The average molecular weight is 338 g/mol.